The molecular formula is C20H21ClN2O3. The van der Waals surface area contributed by atoms with Gasteiger partial charge in [-0.3, -0.25) is 9.59 Å². The summed E-state index contributed by atoms with van der Waals surface area (Å²) in [5.74, 6) is -0.380. The van der Waals surface area contributed by atoms with E-state index in [1.165, 1.54) is 0 Å². The van der Waals surface area contributed by atoms with Gasteiger partial charge in [-0.05, 0) is 61.2 Å². The largest absolute Gasteiger partial charge is 0.489 e. The summed E-state index contributed by atoms with van der Waals surface area (Å²) >= 11 is 5.86. The molecule has 1 N–H and O–H groups in total. The molecule has 2 aromatic carbocycles. The monoisotopic (exact) mass is 372 g/mol. The fraction of sp³-hybridized carbons (Fsp3) is 0.300. The molecule has 136 valence electrons. The topological polar surface area (TPSA) is 58.6 Å². The molecule has 0 aromatic heterocycles. The van der Waals surface area contributed by atoms with E-state index >= 15 is 0 Å². The highest BCUT2D eigenvalue weighted by Gasteiger charge is 2.23. The average molecular weight is 373 g/mol. The van der Waals surface area contributed by atoms with Gasteiger partial charge in [0.15, 0.2) is 0 Å². The van der Waals surface area contributed by atoms with Crippen molar-refractivity contribution >= 4 is 29.1 Å². The smallest absolute Gasteiger partial charge is 0.313 e. The molecule has 1 fully saturated rings. The third-order valence-electron chi connectivity index (χ3n) is 4.27. The molecular weight excluding hydrogens is 352 g/mol. The molecule has 0 unspecified atom stereocenters. The molecule has 0 saturated carbocycles. The van der Waals surface area contributed by atoms with Crippen molar-refractivity contribution in [3.63, 3.8) is 0 Å². The first-order valence-electron chi connectivity index (χ1n) is 8.69. The molecule has 5 nitrogen and oxygen atoms in total. The number of hydrogen-bond acceptors (Lipinski definition) is 3. The number of benzene rings is 2. The molecule has 1 aliphatic rings. The molecule has 2 amide bonds. The van der Waals surface area contributed by atoms with Crippen molar-refractivity contribution in [1.82, 2.24) is 4.90 Å². The van der Waals surface area contributed by atoms with Crippen molar-refractivity contribution in [3.8, 4) is 5.75 Å². The average Bonchev–Trinajstić information content (AvgIpc) is 2.68. The van der Waals surface area contributed by atoms with Crippen molar-refractivity contribution in [1.29, 1.82) is 0 Å². The summed E-state index contributed by atoms with van der Waals surface area (Å²) in [4.78, 5) is 25.8. The maximum Gasteiger partial charge on any atom is 0.313 e. The van der Waals surface area contributed by atoms with E-state index in [0.717, 1.165) is 24.8 Å². The summed E-state index contributed by atoms with van der Waals surface area (Å²) in [5.41, 5.74) is 1.58. The lowest BCUT2D eigenvalue weighted by Crippen LogP contribution is -2.42. The number of hydrogen-bond donors (Lipinski definition) is 1. The van der Waals surface area contributed by atoms with E-state index < -0.39 is 11.8 Å². The summed E-state index contributed by atoms with van der Waals surface area (Å²) in [7, 11) is 0. The Bertz CT molecular complexity index is 754. The van der Waals surface area contributed by atoms with Gasteiger partial charge in [-0.2, -0.15) is 0 Å². The van der Waals surface area contributed by atoms with E-state index in [0.29, 0.717) is 36.2 Å². The third-order valence-corrected chi connectivity index (χ3v) is 4.52. The van der Waals surface area contributed by atoms with E-state index in [2.05, 4.69) is 5.32 Å². The van der Waals surface area contributed by atoms with Gasteiger partial charge < -0.3 is 15.0 Å². The Morgan fingerprint density at radius 2 is 1.62 bits per heavy atom. The van der Waals surface area contributed by atoms with Crippen LogP contribution in [0.25, 0.3) is 0 Å². The Morgan fingerprint density at radius 3 is 2.27 bits per heavy atom. The number of rotatable bonds is 4. The van der Waals surface area contributed by atoms with E-state index in [1.54, 1.807) is 29.2 Å². The van der Waals surface area contributed by atoms with Crippen LogP contribution < -0.4 is 10.1 Å². The van der Waals surface area contributed by atoms with E-state index in [4.69, 9.17) is 16.3 Å². The summed E-state index contributed by atoms with van der Waals surface area (Å²) in [6.07, 6.45) is 3.03. The third kappa shape index (κ3) is 4.99. The predicted octanol–water partition coefficient (Wildman–Crippen LogP) is 3.87. The number of carbonyl (C=O) groups excluding carboxylic acids is 2. The van der Waals surface area contributed by atoms with Gasteiger partial charge in [0.25, 0.3) is 0 Å². The predicted molar refractivity (Wildman–Crippen MR) is 101 cm³/mol. The van der Waals surface area contributed by atoms with E-state index in [1.807, 2.05) is 24.3 Å². The molecule has 0 radical (unpaired) electrons. The van der Waals surface area contributed by atoms with Gasteiger partial charge in [0, 0.05) is 23.8 Å². The Hall–Kier alpha value is -2.53. The summed E-state index contributed by atoms with van der Waals surface area (Å²) in [6, 6.07) is 14.4. The number of nitrogens with zero attached hydrogens (tertiary/aromatic N) is 1. The minimum Gasteiger partial charge on any atom is -0.489 e. The Morgan fingerprint density at radius 1 is 0.962 bits per heavy atom. The van der Waals surface area contributed by atoms with Crippen molar-refractivity contribution in [2.75, 3.05) is 18.4 Å². The Labute approximate surface area is 157 Å². The van der Waals surface area contributed by atoms with Gasteiger partial charge in [0.2, 0.25) is 0 Å². The molecule has 0 spiro atoms. The molecule has 6 heteroatoms. The molecule has 0 aliphatic carbocycles. The van der Waals surface area contributed by atoms with Crippen molar-refractivity contribution in [2.24, 2.45) is 0 Å². The number of piperidine rings is 1. The summed E-state index contributed by atoms with van der Waals surface area (Å²) in [5, 5.41) is 3.33. The van der Waals surface area contributed by atoms with Crippen molar-refractivity contribution in [3.05, 3.63) is 59.1 Å². The molecule has 1 saturated heterocycles. The van der Waals surface area contributed by atoms with E-state index in [9.17, 15) is 9.59 Å². The van der Waals surface area contributed by atoms with Crippen molar-refractivity contribution in [2.45, 2.75) is 25.9 Å². The van der Waals surface area contributed by atoms with E-state index in [-0.39, 0.29) is 0 Å². The van der Waals surface area contributed by atoms with Gasteiger partial charge in [-0.1, -0.05) is 23.7 Å². The van der Waals surface area contributed by atoms with Crippen LogP contribution in [0.3, 0.4) is 0 Å². The molecule has 1 heterocycles. The zero-order valence-corrected chi connectivity index (χ0v) is 15.2. The van der Waals surface area contributed by atoms with Crippen LogP contribution in [-0.2, 0) is 16.2 Å². The lowest BCUT2D eigenvalue weighted by atomic mass is 10.1. The highest BCUT2D eigenvalue weighted by atomic mass is 35.5. The highest BCUT2D eigenvalue weighted by Crippen LogP contribution is 2.18. The normalized spacial score (nSPS) is 14.0. The number of nitrogens with one attached hydrogen (secondary N) is 1. The standard InChI is InChI=1S/C20H21ClN2O3/c21-16-6-4-15(5-7-16)14-26-18-10-8-17(9-11-18)22-19(24)20(25)23-12-2-1-3-13-23/h4-11H,1-3,12-14H2,(H,22,24). The van der Waals surface area contributed by atoms with Crippen LogP contribution in [0.5, 0.6) is 5.75 Å². The van der Waals surface area contributed by atoms with Gasteiger partial charge >= 0.3 is 11.8 Å². The van der Waals surface area contributed by atoms with Crippen LogP contribution in [0.4, 0.5) is 5.69 Å². The molecule has 3 rings (SSSR count). The number of ether oxygens (including phenoxy) is 1. The Balaban J connectivity index is 1.51. The summed E-state index contributed by atoms with van der Waals surface area (Å²) < 4.78 is 5.70. The lowest BCUT2D eigenvalue weighted by Gasteiger charge is -2.25. The highest BCUT2D eigenvalue weighted by molar-refractivity contribution is 6.39. The summed E-state index contributed by atoms with van der Waals surface area (Å²) in [6.45, 7) is 1.74. The van der Waals surface area contributed by atoms with Crippen LogP contribution in [-0.4, -0.2) is 29.8 Å². The fourth-order valence-corrected chi connectivity index (χ4v) is 2.93. The number of halogens is 1. The van der Waals surface area contributed by atoms with Crippen molar-refractivity contribution < 1.29 is 14.3 Å². The van der Waals surface area contributed by atoms with Gasteiger partial charge in [-0.15, -0.1) is 0 Å². The second-order valence-corrected chi connectivity index (χ2v) is 6.68. The number of likely N-dealkylation sites (tertiary alicyclic amines) is 1. The number of amides is 2. The molecule has 26 heavy (non-hydrogen) atoms. The fourth-order valence-electron chi connectivity index (χ4n) is 2.81. The van der Waals surface area contributed by atoms with Crippen LogP contribution >= 0.6 is 11.6 Å². The zero-order chi connectivity index (χ0) is 18.4. The van der Waals surface area contributed by atoms with Crippen LogP contribution in [0.1, 0.15) is 24.8 Å². The molecule has 0 bridgehead atoms. The van der Waals surface area contributed by atoms with Gasteiger partial charge in [0.1, 0.15) is 12.4 Å². The first-order valence-corrected chi connectivity index (χ1v) is 9.07. The van der Waals surface area contributed by atoms with Crippen LogP contribution in [0.2, 0.25) is 5.02 Å². The number of carbonyl (C=O) groups is 2. The Kier molecular flexibility index (Phi) is 6.12. The molecule has 2 aromatic rings. The van der Waals surface area contributed by atoms with Crippen LogP contribution in [0.15, 0.2) is 48.5 Å². The minimum absolute atomic E-state index is 0.427. The first-order chi connectivity index (χ1) is 12.6. The maximum atomic E-state index is 12.1. The second kappa shape index (κ2) is 8.72. The molecule has 0 atom stereocenters. The molecule has 1 aliphatic heterocycles. The number of anilines is 1. The quantitative estimate of drug-likeness (QED) is 0.829. The minimum atomic E-state index is -0.596. The van der Waals surface area contributed by atoms with Gasteiger partial charge in [-0.25, -0.2) is 0 Å². The second-order valence-electron chi connectivity index (χ2n) is 6.25. The first kappa shape index (κ1) is 18.3. The lowest BCUT2D eigenvalue weighted by molar-refractivity contribution is -0.143. The SMILES string of the molecule is O=C(Nc1ccc(OCc2ccc(Cl)cc2)cc1)C(=O)N1CCCCC1. The van der Waals surface area contributed by atoms with Crippen LogP contribution in [0, 0.1) is 0 Å². The zero-order valence-electron chi connectivity index (χ0n) is 14.4. The maximum absolute atomic E-state index is 12.1. The van der Waals surface area contributed by atoms with Gasteiger partial charge in [0.05, 0.1) is 0 Å².